The summed E-state index contributed by atoms with van der Waals surface area (Å²) in [6, 6.07) is 14.3. The van der Waals surface area contributed by atoms with Gasteiger partial charge in [-0.3, -0.25) is 9.52 Å². The van der Waals surface area contributed by atoms with Crippen molar-refractivity contribution in [3.8, 4) is 5.75 Å². The summed E-state index contributed by atoms with van der Waals surface area (Å²) < 4.78 is 41.8. The van der Waals surface area contributed by atoms with E-state index >= 15 is 0 Å². The number of carbonyl (C=O) groups is 1. The molecule has 0 aliphatic carbocycles. The van der Waals surface area contributed by atoms with E-state index in [1.165, 1.54) is 30.3 Å². The van der Waals surface area contributed by atoms with Gasteiger partial charge in [0.1, 0.15) is 11.6 Å². The number of phenolic OH excluding ortho intramolecular Hbond substituents is 1. The van der Waals surface area contributed by atoms with Crippen molar-refractivity contribution in [3.05, 3.63) is 88.7 Å². The Morgan fingerprint density at radius 3 is 2.52 bits per heavy atom. The number of anilines is 1. The van der Waals surface area contributed by atoms with Crippen LogP contribution >= 0.6 is 0 Å². The number of hydrazone groups is 1. The van der Waals surface area contributed by atoms with Gasteiger partial charge < -0.3 is 5.11 Å². The van der Waals surface area contributed by atoms with Crippen LogP contribution in [-0.2, 0) is 10.0 Å². The van der Waals surface area contributed by atoms with Crippen LogP contribution < -0.4 is 10.1 Å². The van der Waals surface area contributed by atoms with Gasteiger partial charge in [0, 0.05) is 11.1 Å². The molecule has 3 rings (SSSR count). The maximum Gasteiger partial charge on any atom is 0.271 e. The summed E-state index contributed by atoms with van der Waals surface area (Å²) in [4.78, 5) is 12.5. The third kappa shape index (κ3) is 5.75. The van der Waals surface area contributed by atoms with Gasteiger partial charge in [0.25, 0.3) is 15.9 Å². The van der Waals surface area contributed by atoms with Crippen LogP contribution in [0.4, 0.5) is 10.1 Å². The third-order valence-corrected chi connectivity index (χ3v) is 6.29. The zero-order valence-corrected chi connectivity index (χ0v) is 19.2. The summed E-state index contributed by atoms with van der Waals surface area (Å²) in [5.41, 5.74) is 5.06. The number of nitrogens with one attached hydrogen (secondary N) is 2. The average Bonchev–Trinajstić information content (AvgIpc) is 2.78. The standard InChI is InChI=1S/C24H24FN3O4S/c1-4-21(20-14-18(25)9-11-23(20)29)26-27-24(30)17-6-5-7-19(13-17)33(31,32)28-22-10-8-15(2)12-16(22)3/h5-14,28-29H,4H2,1-3H3,(H,27,30). The molecule has 0 saturated carbocycles. The first-order valence-electron chi connectivity index (χ1n) is 10.2. The molecule has 172 valence electrons. The fourth-order valence-corrected chi connectivity index (χ4v) is 4.36. The maximum absolute atomic E-state index is 13.5. The second-order valence-electron chi connectivity index (χ2n) is 7.47. The molecule has 0 saturated heterocycles. The molecule has 9 heteroatoms. The molecule has 0 aliphatic heterocycles. The molecule has 3 N–H and O–H groups in total. The van der Waals surface area contributed by atoms with Crippen LogP contribution in [0, 0.1) is 19.7 Å². The molecule has 0 spiro atoms. The van der Waals surface area contributed by atoms with Gasteiger partial charge in [-0.2, -0.15) is 5.10 Å². The summed E-state index contributed by atoms with van der Waals surface area (Å²) in [7, 11) is -3.93. The number of hydrogen-bond donors (Lipinski definition) is 3. The molecule has 0 aliphatic rings. The Kier molecular flexibility index (Phi) is 7.13. The smallest absolute Gasteiger partial charge is 0.271 e. The number of carbonyl (C=O) groups excluding carboxylic acids is 1. The molecule has 1 amide bonds. The largest absolute Gasteiger partial charge is 0.507 e. The molecule has 33 heavy (non-hydrogen) atoms. The van der Waals surface area contributed by atoms with Gasteiger partial charge in [0.2, 0.25) is 0 Å². The summed E-state index contributed by atoms with van der Waals surface area (Å²) in [6.07, 6.45) is 0.311. The lowest BCUT2D eigenvalue weighted by molar-refractivity contribution is 0.0954. The van der Waals surface area contributed by atoms with E-state index in [4.69, 9.17) is 0 Å². The highest BCUT2D eigenvalue weighted by Crippen LogP contribution is 2.22. The Labute approximate surface area is 192 Å². The van der Waals surface area contributed by atoms with E-state index in [1.54, 1.807) is 26.0 Å². The van der Waals surface area contributed by atoms with E-state index in [0.717, 1.165) is 23.3 Å². The molecule has 3 aromatic rings. The van der Waals surface area contributed by atoms with E-state index in [1.807, 2.05) is 13.0 Å². The van der Waals surface area contributed by atoms with Crippen LogP contribution in [0.3, 0.4) is 0 Å². The predicted molar refractivity (Wildman–Crippen MR) is 126 cm³/mol. The summed E-state index contributed by atoms with van der Waals surface area (Å²) in [5, 5.41) is 14.0. The Morgan fingerprint density at radius 2 is 1.82 bits per heavy atom. The van der Waals surface area contributed by atoms with Crippen LogP contribution in [-0.4, -0.2) is 25.1 Å². The SMILES string of the molecule is CCC(=NNC(=O)c1cccc(S(=O)(=O)Nc2ccc(C)cc2C)c1)c1cc(F)ccc1O. The summed E-state index contributed by atoms with van der Waals surface area (Å²) in [6.45, 7) is 5.45. The lowest BCUT2D eigenvalue weighted by Gasteiger charge is -2.12. The number of rotatable bonds is 7. The topological polar surface area (TPSA) is 108 Å². The lowest BCUT2D eigenvalue weighted by atomic mass is 10.1. The molecular formula is C24H24FN3O4S. The minimum absolute atomic E-state index is 0.0705. The number of aryl methyl sites for hydroxylation is 2. The fraction of sp³-hybridized carbons (Fsp3) is 0.167. The number of benzene rings is 3. The van der Waals surface area contributed by atoms with Crippen molar-refractivity contribution in [1.29, 1.82) is 0 Å². The minimum atomic E-state index is -3.93. The van der Waals surface area contributed by atoms with Crippen molar-refractivity contribution in [1.82, 2.24) is 5.43 Å². The van der Waals surface area contributed by atoms with Gasteiger partial charge in [-0.15, -0.1) is 0 Å². The van der Waals surface area contributed by atoms with Crippen molar-refractivity contribution in [3.63, 3.8) is 0 Å². The molecular weight excluding hydrogens is 445 g/mol. The van der Waals surface area contributed by atoms with Crippen molar-refractivity contribution in [2.75, 3.05) is 4.72 Å². The lowest BCUT2D eigenvalue weighted by Crippen LogP contribution is -2.21. The van der Waals surface area contributed by atoms with Gasteiger partial charge in [0.05, 0.1) is 16.3 Å². The highest BCUT2D eigenvalue weighted by atomic mass is 32.2. The van der Waals surface area contributed by atoms with Gasteiger partial charge in [-0.25, -0.2) is 18.2 Å². The Bertz CT molecular complexity index is 1340. The summed E-state index contributed by atoms with van der Waals surface area (Å²) in [5.74, 6) is -1.37. The quantitative estimate of drug-likeness (QED) is 0.350. The van der Waals surface area contributed by atoms with Crippen molar-refractivity contribution in [2.45, 2.75) is 32.1 Å². The first-order valence-corrected chi connectivity index (χ1v) is 11.6. The van der Waals surface area contributed by atoms with E-state index in [-0.39, 0.29) is 27.5 Å². The number of amides is 1. The van der Waals surface area contributed by atoms with E-state index in [0.29, 0.717) is 12.1 Å². The zero-order valence-electron chi connectivity index (χ0n) is 18.4. The number of aromatic hydroxyl groups is 1. The Balaban J connectivity index is 1.82. The van der Waals surface area contributed by atoms with Gasteiger partial charge in [0.15, 0.2) is 0 Å². The van der Waals surface area contributed by atoms with Crippen molar-refractivity contribution >= 4 is 27.3 Å². The third-order valence-electron chi connectivity index (χ3n) is 4.93. The molecule has 3 aromatic carbocycles. The minimum Gasteiger partial charge on any atom is -0.507 e. The second-order valence-corrected chi connectivity index (χ2v) is 9.15. The molecule has 0 bridgehead atoms. The highest BCUT2D eigenvalue weighted by Gasteiger charge is 2.18. The molecule has 7 nitrogen and oxygen atoms in total. The van der Waals surface area contributed by atoms with E-state index in [2.05, 4.69) is 15.2 Å². The monoisotopic (exact) mass is 469 g/mol. The van der Waals surface area contributed by atoms with Gasteiger partial charge in [-0.05, 0) is 68.3 Å². The number of phenols is 1. The van der Waals surface area contributed by atoms with Crippen LogP contribution in [0.15, 0.2) is 70.7 Å². The molecule has 0 fully saturated rings. The van der Waals surface area contributed by atoms with Crippen LogP contribution in [0.5, 0.6) is 5.75 Å². The zero-order chi connectivity index (χ0) is 24.2. The molecule has 0 atom stereocenters. The number of nitrogens with zero attached hydrogens (tertiary/aromatic N) is 1. The normalized spacial score (nSPS) is 11.8. The highest BCUT2D eigenvalue weighted by molar-refractivity contribution is 7.92. The van der Waals surface area contributed by atoms with Crippen molar-refractivity contribution < 1.29 is 22.7 Å². The van der Waals surface area contributed by atoms with Crippen LogP contribution in [0.25, 0.3) is 0 Å². The van der Waals surface area contributed by atoms with Crippen LogP contribution in [0.1, 0.15) is 40.4 Å². The second kappa shape index (κ2) is 9.83. The first kappa shape index (κ1) is 23.9. The number of hydrogen-bond acceptors (Lipinski definition) is 5. The summed E-state index contributed by atoms with van der Waals surface area (Å²) >= 11 is 0. The molecule has 0 heterocycles. The van der Waals surface area contributed by atoms with E-state index in [9.17, 15) is 22.7 Å². The Morgan fingerprint density at radius 1 is 1.06 bits per heavy atom. The number of sulfonamides is 1. The molecule has 0 aromatic heterocycles. The van der Waals surface area contributed by atoms with E-state index < -0.39 is 21.7 Å². The predicted octanol–water partition coefficient (Wildman–Crippen LogP) is 4.49. The first-order chi connectivity index (χ1) is 15.6. The van der Waals surface area contributed by atoms with Crippen LogP contribution in [0.2, 0.25) is 0 Å². The average molecular weight is 470 g/mol. The van der Waals surface area contributed by atoms with Gasteiger partial charge >= 0.3 is 0 Å². The molecule has 0 radical (unpaired) electrons. The fourth-order valence-electron chi connectivity index (χ4n) is 3.19. The van der Waals surface area contributed by atoms with Crippen molar-refractivity contribution in [2.24, 2.45) is 5.10 Å². The number of halogens is 1. The maximum atomic E-state index is 13.5. The molecule has 0 unspecified atom stereocenters. The van der Waals surface area contributed by atoms with Gasteiger partial charge in [-0.1, -0.05) is 30.7 Å². The Hall–Kier alpha value is -3.72.